The van der Waals surface area contributed by atoms with E-state index in [1.165, 1.54) is 154 Å². The maximum atomic E-state index is 10.3. The second kappa shape index (κ2) is 19.2. The monoisotopic (exact) mass is 565 g/mol. The summed E-state index contributed by atoms with van der Waals surface area (Å²) in [6.07, 6.45) is 33.6. The van der Waals surface area contributed by atoms with Crippen LogP contribution in [0.25, 0.3) is 0 Å². The molecule has 0 amide bonds. The lowest BCUT2D eigenvalue weighted by Gasteiger charge is -2.66. The molecule has 0 bridgehead atoms. The number of aliphatic hydroxyl groups is 2. The molecular formula is C36H68O4. The van der Waals surface area contributed by atoms with Crippen molar-refractivity contribution in [1.82, 2.24) is 0 Å². The molecule has 4 heteroatoms. The smallest absolute Gasteiger partial charge is 0.143 e. The van der Waals surface area contributed by atoms with Crippen LogP contribution in [0.4, 0.5) is 0 Å². The van der Waals surface area contributed by atoms with Gasteiger partial charge in [0, 0.05) is 10.8 Å². The van der Waals surface area contributed by atoms with Crippen LogP contribution in [0.1, 0.15) is 181 Å². The largest absolute Gasteiger partial charge is 0.371 e. The highest BCUT2D eigenvalue weighted by molar-refractivity contribution is 5.13. The summed E-state index contributed by atoms with van der Waals surface area (Å²) >= 11 is 0. The van der Waals surface area contributed by atoms with Crippen LogP contribution in [0.3, 0.4) is 0 Å². The quantitative estimate of drug-likeness (QED) is 0.145. The standard InChI is InChI=1S/C36H68O4/c1-3-5-7-9-10-16-22-32-31(21-15-8-6-4-2)25-28-35(26-19-13-11-17-23-33(35)39-29-37)36(32)27-20-14-12-18-24-34(36)40-30-38/h31-34,37-38H,3-30H2,1-2H3. The molecule has 0 aromatic rings. The topological polar surface area (TPSA) is 58.9 Å². The summed E-state index contributed by atoms with van der Waals surface area (Å²) in [6, 6.07) is 0. The highest BCUT2D eigenvalue weighted by Gasteiger charge is 2.65. The first kappa shape index (κ1) is 34.3. The summed E-state index contributed by atoms with van der Waals surface area (Å²) in [5.41, 5.74) is 0.0739. The molecule has 0 aromatic heterocycles. The van der Waals surface area contributed by atoms with E-state index in [1.54, 1.807) is 0 Å². The van der Waals surface area contributed by atoms with Gasteiger partial charge in [0.1, 0.15) is 13.6 Å². The summed E-state index contributed by atoms with van der Waals surface area (Å²) in [7, 11) is 0. The zero-order chi connectivity index (χ0) is 28.5. The molecule has 4 nitrogen and oxygen atoms in total. The molecular weight excluding hydrogens is 496 g/mol. The van der Waals surface area contributed by atoms with Crippen LogP contribution in [-0.4, -0.2) is 36.0 Å². The average molecular weight is 565 g/mol. The van der Waals surface area contributed by atoms with Crippen LogP contribution in [0.2, 0.25) is 0 Å². The lowest BCUT2D eigenvalue weighted by Crippen LogP contribution is -2.64. The van der Waals surface area contributed by atoms with Crippen molar-refractivity contribution in [2.45, 2.75) is 193 Å². The number of rotatable bonds is 16. The van der Waals surface area contributed by atoms with E-state index >= 15 is 0 Å². The van der Waals surface area contributed by atoms with Gasteiger partial charge in [-0.15, -0.1) is 0 Å². The van der Waals surface area contributed by atoms with Gasteiger partial charge in [-0.2, -0.15) is 0 Å². The molecule has 3 aliphatic carbocycles. The van der Waals surface area contributed by atoms with Crippen molar-refractivity contribution < 1.29 is 19.7 Å². The Morgan fingerprint density at radius 3 is 1.80 bits per heavy atom. The minimum atomic E-state index is -0.170. The SMILES string of the molecule is CCCCCCCCC1C(CCCCCC)CCC2(CCCCCCC2OCO)C12CCCCCCC2OCO. The second-order valence-corrected chi connectivity index (χ2v) is 14.0. The molecule has 0 heterocycles. The van der Waals surface area contributed by atoms with Crippen LogP contribution in [-0.2, 0) is 9.47 Å². The van der Waals surface area contributed by atoms with Crippen LogP contribution in [0, 0.1) is 22.7 Å². The third kappa shape index (κ3) is 8.70. The fourth-order valence-corrected chi connectivity index (χ4v) is 10.0. The Bertz CT molecular complexity index is 640. The molecule has 6 atom stereocenters. The second-order valence-electron chi connectivity index (χ2n) is 14.0. The van der Waals surface area contributed by atoms with E-state index in [9.17, 15) is 10.2 Å². The predicted molar refractivity (Wildman–Crippen MR) is 167 cm³/mol. The highest BCUT2D eigenvalue weighted by Crippen LogP contribution is 2.68. The number of hydrogen-bond acceptors (Lipinski definition) is 4. The van der Waals surface area contributed by atoms with Crippen molar-refractivity contribution in [2.75, 3.05) is 13.6 Å². The van der Waals surface area contributed by atoms with Gasteiger partial charge >= 0.3 is 0 Å². The van der Waals surface area contributed by atoms with Crippen LogP contribution < -0.4 is 0 Å². The van der Waals surface area contributed by atoms with Crippen LogP contribution in [0.15, 0.2) is 0 Å². The Morgan fingerprint density at radius 2 is 1.10 bits per heavy atom. The van der Waals surface area contributed by atoms with Gasteiger partial charge in [0.05, 0.1) is 12.2 Å². The van der Waals surface area contributed by atoms with Crippen LogP contribution >= 0.6 is 0 Å². The van der Waals surface area contributed by atoms with Gasteiger partial charge in [0.2, 0.25) is 0 Å². The summed E-state index contributed by atoms with van der Waals surface area (Å²) in [5.74, 6) is 1.38. The molecule has 0 saturated heterocycles. The molecule has 2 spiro atoms. The van der Waals surface area contributed by atoms with E-state index in [4.69, 9.17) is 9.47 Å². The van der Waals surface area contributed by atoms with Gasteiger partial charge in [-0.1, -0.05) is 136 Å². The van der Waals surface area contributed by atoms with E-state index in [2.05, 4.69) is 13.8 Å². The molecule has 2 N–H and O–H groups in total. The van der Waals surface area contributed by atoms with Gasteiger partial charge in [-0.25, -0.2) is 0 Å². The number of aliphatic hydroxyl groups excluding tert-OH is 2. The Balaban J connectivity index is 2.06. The lowest BCUT2D eigenvalue weighted by molar-refractivity contribution is -0.261. The number of unbranched alkanes of at least 4 members (excludes halogenated alkanes) is 8. The Morgan fingerprint density at radius 1 is 0.550 bits per heavy atom. The van der Waals surface area contributed by atoms with Crippen LogP contribution in [0.5, 0.6) is 0 Å². The molecule has 0 aliphatic heterocycles. The molecule has 3 rings (SSSR count). The molecule has 0 aromatic carbocycles. The van der Waals surface area contributed by atoms with E-state index in [0.717, 1.165) is 18.8 Å². The Kier molecular flexibility index (Phi) is 16.5. The maximum absolute atomic E-state index is 10.3. The van der Waals surface area contributed by atoms with Crippen molar-refractivity contribution in [3.05, 3.63) is 0 Å². The fourth-order valence-electron chi connectivity index (χ4n) is 10.0. The van der Waals surface area contributed by atoms with Crippen molar-refractivity contribution >= 4 is 0 Å². The Hall–Kier alpha value is -0.160. The molecule has 3 aliphatic rings. The van der Waals surface area contributed by atoms with Gasteiger partial charge in [-0.05, 0) is 56.8 Å². The summed E-state index contributed by atoms with van der Waals surface area (Å²) in [4.78, 5) is 0. The van der Waals surface area contributed by atoms with Crippen molar-refractivity contribution in [3.63, 3.8) is 0 Å². The average Bonchev–Trinajstić information content (AvgIpc) is 2.94. The first-order valence-electron chi connectivity index (χ1n) is 18.1. The highest BCUT2D eigenvalue weighted by atomic mass is 16.6. The molecule has 3 saturated carbocycles. The zero-order valence-corrected chi connectivity index (χ0v) is 26.8. The fraction of sp³-hybridized carbons (Fsp3) is 1.00. The number of ether oxygens (including phenoxy) is 2. The third-order valence-electron chi connectivity index (χ3n) is 11.8. The van der Waals surface area contributed by atoms with Crippen molar-refractivity contribution in [2.24, 2.45) is 22.7 Å². The third-order valence-corrected chi connectivity index (χ3v) is 11.8. The van der Waals surface area contributed by atoms with E-state index < -0.39 is 0 Å². The summed E-state index contributed by atoms with van der Waals surface area (Å²) in [5, 5.41) is 20.5. The first-order chi connectivity index (χ1) is 19.7. The molecule has 236 valence electrons. The normalized spacial score (nSPS) is 33.9. The van der Waals surface area contributed by atoms with E-state index in [1.807, 2.05) is 0 Å². The minimum Gasteiger partial charge on any atom is -0.371 e. The molecule has 0 radical (unpaired) electrons. The van der Waals surface area contributed by atoms with Crippen molar-refractivity contribution in [3.8, 4) is 0 Å². The van der Waals surface area contributed by atoms with Crippen molar-refractivity contribution in [1.29, 1.82) is 0 Å². The zero-order valence-electron chi connectivity index (χ0n) is 26.8. The number of hydrogen-bond donors (Lipinski definition) is 2. The predicted octanol–water partition coefficient (Wildman–Crippen LogP) is 10.1. The molecule has 3 fully saturated rings. The van der Waals surface area contributed by atoms with Gasteiger partial charge in [-0.3, -0.25) is 0 Å². The first-order valence-corrected chi connectivity index (χ1v) is 18.1. The lowest BCUT2D eigenvalue weighted by atomic mass is 9.40. The molecule has 40 heavy (non-hydrogen) atoms. The van der Waals surface area contributed by atoms with E-state index in [0.29, 0.717) is 5.92 Å². The molecule has 6 unspecified atom stereocenters. The minimum absolute atomic E-state index is 0.0322. The van der Waals surface area contributed by atoms with E-state index in [-0.39, 0.29) is 36.6 Å². The van der Waals surface area contributed by atoms with Gasteiger partial charge in [0.15, 0.2) is 0 Å². The Labute approximate surface area is 248 Å². The van der Waals surface area contributed by atoms with Gasteiger partial charge < -0.3 is 19.7 Å². The maximum Gasteiger partial charge on any atom is 0.143 e. The van der Waals surface area contributed by atoms with Gasteiger partial charge in [0.25, 0.3) is 0 Å². The summed E-state index contributed by atoms with van der Waals surface area (Å²) < 4.78 is 13.0. The number of fused-ring (bicyclic) bond motifs is 1. The summed E-state index contributed by atoms with van der Waals surface area (Å²) in [6.45, 7) is 4.29.